The van der Waals surface area contributed by atoms with Gasteiger partial charge in [-0.15, -0.1) is 0 Å². The van der Waals surface area contributed by atoms with Crippen LogP contribution in [0.3, 0.4) is 0 Å². The molecule has 0 spiro atoms. The second-order valence-electron chi connectivity index (χ2n) is 7.20. The van der Waals surface area contributed by atoms with E-state index in [1.54, 1.807) is 12.1 Å². The third-order valence-electron chi connectivity index (χ3n) is 5.17. The highest BCUT2D eigenvalue weighted by atomic mass is 79.9. The number of fused-ring (bicyclic) bond motifs is 4. The maximum Gasteiger partial charge on any atom is 0.341 e. The van der Waals surface area contributed by atoms with Crippen molar-refractivity contribution in [3.05, 3.63) is 56.3 Å². The van der Waals surface area contributed by atoms with E-state index in [4.69, 9.17) is 9.84 Å². The molecule has 0 bridgehead atoms. The molecule has 2 aliphatic rings. The summed E-state index contributed by atoms with van der Waals surface area (Å²) in [6.07, 6.45) is 3.73. The first-order valence-corrected chi connectivity index (χ1v) is 9.23. The van der Waals surface area contributed by atoms with Gasteiger partial charge in [-0.3, -0.25) is 4.79 Å². The van der Waals surface area contributed by atoms with Gasteiger partial charge in [0.25, 0.3) is 0 Å². The van der Waals surface area contributed by atoms with E-state index in [2.05, 4.69) is 34.8 Å². The Bertz CT molecular complexity index is 984. The lowest BCUT2D eigenvalue weighted by molar-refractivity contribution is -0.139. The highest BCUT2D eigenvalue weighted by molar-refractivity contribution is 9.11. The Balaban J connectivity index is 1.85. The molecular weight excluding hydrogens is 398 g/mol. The van der Waals surface area contributed by atoms with Crippen LogP contribution in [0, 0.1) is 0 Å². The maximum atomic E-state index is 13.3. The number of H-pyrrole nitrogens is 1. The zero-order chi connectivity index (χ0) is 18.6. The van der Waals surface area contributed by atoms with Gasteiger partial charge in [-0.05, 0) is 46.7 Å². The number of ether oxygens (including phenoxy) is 1. The predicted octanol–water partition coefficient (Wildman–Crippen LogP) is 4.03. The molecule has 0 fully saturated rings. The Kier molecular flexibility index (Phi) is 3.84. The van der Waals surface area contributed by atoms with Gasteiger partial charge in [0, 0.05) is 27.9 Å². The predicted molar refractivity (Wildman–Crippen MR) is 101 cm³/mol. The summed E-state index contributed by atoms with van der Waals surface area (Å²) >= 11 is 3.55. The van der Waals surface area contributed by atoms with E-state index in [9.17, 15) is 9.59 Å². The molecule has 1 heterocycles. The minimum atomic E-state index is -1.05. The number of carbonyl (C=O) groups excluding carboxylic acids is 1. The molecule has 0 amide bonds. The summed E-state index contributed by atoms with van der Waals surface area (Å²) in [6.45, 7) is 3.76. The minimum Gasteiger partial charge on any atom is -0.482 e. The number of aromatic amines is 1. The van der Waals surface area contributed by atoms with Crippen molar-refractivity contribution in [2.45, 2.75) is 32.1 Å². The van der Waals surface area contributed by atoms with E-state index >= 15 is 0 Å². The molecule has 0 saturated carbocycles. The first-order valence-electron chi connectivity index (χ1n) is 8.44. The molecule has 0 aliphatic heterocycles. The lowest BCUT2D eigenvalue weighted by Crippen LogP contribution is -2.30. The lowest BCUT2D eigenvalue weighted by atomic mass is 9.70. The van der Waals surface area contributed by atoms with E-state index in [1.165, 1.54) is 0 Å². The second-order valence-corrected chi connectivity index (χ2v) is 8.22. The number of nitrogens with one attached hydrogen (secondary N) is 1. The van der Waals surface area contributed by atoms with Crippen molar-refractivity contribution >= 4 is 33.8 Å². The fourth-order valence-electron chi connectivity index (χ4n) is 3.89. The monoisotopic (exact) mass is 415 g/mol. The molecule has 0 unspecified atom stereocenters. The number of hydrogen-bond acceptors (Lipinski definition) is 3. The van der Waals surface area contributed by atoms with Crippen LogP contribution in [0.5, 0.6) is 5.75 Å². The van der Waals surface area contributed by atoms with Crippen LogP contribution < -0.4 is 4.74 Å². The van der Waals surface area contributed by atoms with E-state index in [0.717, 1.165) is 45.4 Å². The van der Waals surface area contributed by atoms with Crippen molar-refractivity contribution < 1.29 is 19.4 Å². The Morgan fingerprint density at radius 3 is 2.85 bits per heavy atom. The molecule has 5 nitrogen and oxygen atoms in total. The van der Waals surface area contributed by atoms with Gasteiger partial charge in [-0.2, -0.15) is 0 Å². The molecule has 2 aromatic rings. The number of halogens is 1. The van der Waals surface area contributed by atoms with E-state index in [0.29, 0.717) is 11.3 Å². The molecule has 1 aromatic heterocycles. The fraction of sp³-hybridized carbons (Fsp3) is 0.300. The molecule has 4 rings (SSSR count). The van der Waals surface area contributed by atoms with Crippen LogP contribution >= 0.6 is 15.9 Å². The summed E-state index contributed by atoms with van der Waals surface area (Å²) in [7, 11) is 0. The van der Waals surface area contributed by atoms with Crippen LogP contribution in [-0.2, 0) is 16.6 Å². The number of ketones is 1. The number of carbonyl (C=O) groups is 2. The van der Waals surface area contributed by atoms with Gasteiger partial charge < -0.3 is 14.8 Å². The topological polar surface area (TPSA) is 79.4 Å². The SMILES string of the molecule is CC1(C)c2ccc(OCC(=O)O)cc2C(=O)c2c1[nH]c1c2CCC(Br)=C1. The molecule has 1 aromatic carbocycles. The number of rotatable bonds is 3. The molecule has 2 aliphatic carbocycles. The summed E-state index contributed by atoms with van der Waals surface area (Å²) in [5.74, 6) is -0.682. The largest absolute Gasteiger partial charge is 0.482 e. The molecule has 6 heteroatoms. The van der Waals surface area contributed by atoms with Crippen molar-refractivity contribution in [3.8, 4) is 5.75 Å². The lowest BCUT2D eigenvalue weighted by Gasteiger charge is -2.32. The van der Waals surface area contributed by atoms with Gasteiger partial charge in [0.15, 0.2) is 12.4 Å². The third-order valence-corrected chi connectivity index (χ3v) is 5.80. The number of carboxylic acid groups (broad SMARTS) is 1. The number of hydrogen-bond donors (Lipinski definition) is 2. The van der Waals surface area contributed by atoms with Crippen molar-refractivity contribution in [2.75, 3.05) is 6.61 Å². The summed E-state index contributed by atoms with van der Waals surface area (Å²) in [5.41, 5.74) is 4.89. The Morgan fingerprint density at radius 1 is 1.35 bits per heavy atom. The summed E-state index contributed by atoms with van der Waals surface area (Å²) < 4.78 is 6.39. The van der Waals surface area contributed by atoms with Crippen LogP contribution in [0.4, 0.5) is 0 Å². The van der Waals surface area contributed by atoms with Crippen molar-refractivity contribution in [2.24, 2.45) is 0 Å². The quantitative estimate of drug-likeness (QED) is 0.792. The van der Waals surface area contributed by atoms with Crippen LogP contribution in [0.1, 0.15) is 58.7 Å². The van der Waals surface area contributed by atoms with E-state index < -0.39 is 12.6 Å². The molecule has 0 radical (unpaired) electrons. The number of aromatic nitrogens is 1. The first kappa shape index (κ1) is 17.1. The van der Waals surface area contributed by atoms with Gasteiger partial charge in [0.05, 0.1) is 0 Å². The second kappa shape index (κ2) is 5.84. The average molecular weight is 416 g/mol. The Labute approximate surface area is 159 Å². The van der Waals surface area contributed by atoms with Gasteiger partial charge in [0.2, 0.25) is 0 Å². The normalized spacial score (nSPS) is 17.0. The fourth-order valence-corrected chi connectivity index (χ4v) is 4.32. The zero-order valence-corrected chi connectivity index (χ0v) is 16.1. The van der Waals surface area contributed by atoms with Crippen molar-refractivity contribution in [3.63, 3.8) is 0 Å². The highest BCUT2D eigenvalue weighted by Crippen LogP contribution is 2.45. The Morgan fingerprint density at radius 2 is 2.12 bits per heavy atom. The van der Waals surface area contributed by atoms with Gasteiger partial charge in [-0.1, -0.05) is 35.8 Å². The standard InChI is InChI=1S/C20H18BrNO4/c1-20(2)14-6-4-11(26-9-16(23)24)8-13(14)18(25)17-12-5-3-10(21)7-15(12)22-19(17)20/h4,6-8,22H,3,5,9H2,1-2H3,(H,23,24). The third kappa shape index (κ3) is 2.51. The molecule has 134 valence electrons. The molecule has 0 atom stereocenters. The molecule has 0 saturated heterocycles. The molecular formula is C20H18BrNO4. The average Bonchev–Trinajstić information content (AvgIpc) is 2.97. The summed E-state index contributed by atoms with van der Waals surface area (Å²) in [6, 6.07) is 5.25. The first-order chi connectivity index (χ1) is 12.3. The Hall–Kier alpha value is -2.34. The van der Waals surface area contributed by atoms with Gasteiger partial charge in [0.1, 0.15) is 5.75 Å². The number of benzene rings is 1. The number of allylic oxidation sites excluding steroid dienone is 1. The van der Waals surface area contributed by atoms with Crippen molar-refractivity contribution in [1.82, 2.24) is 4.98 Å². The van der Waals surface area contributed by atoms with Crippen LogP contribution in [0.25, 0.3) is 6.08 Å². The molecule has 26 heavy (non-hydrogen) atoms. The maximum absolute atomic E-state index is 13.3. The van der Waals surface area contributed by atoms with Crippen molar-refractivity contribution in [1.29, 1.82) is 0 Å². The van der Waals surface area contributed by atoms with E-state index in [-0.39, 0.29) is 11.2 Å². The molecule has 2 N–H and O–H groups in total. The summed E-state index contributed by atoms with van der Waals surface area (Å²) in [5, 5.41) is 8.80. The summed E-state index contributed by atoms with van der Waals surface area (Å²) in [4.78, 5) is 27.5. The van der Waals surface area contributed by atoms with Crippen LogP contribution in [0.2, 0.25) is 0 Å². The van der Waals surface area contributed by atoms with E-state index in [1.807, 2.05) is 12.1 Å². The zero-order valence-electron chi connectivity index (χ0n) is 14.5. The van der Waals surface area contributed by atoms with Crippen LogP contribution in [0.15, 0.2) is 22.7 Å². The minimum absolute atomic E-state index is 0.0287. The number of carboxylic acids is 1. The smallest absolute Gasteiger partial charge is 0.341 e. The van der Waals surface area contributed by atoms with Gasteiger partial charge >= 0.3 is 5.97 Å². The van der Waals surface area contributed by atoms with Crippen LogP contribution in [-0.4, -0.2) is 28.4 Å². The van der Waals surface area contributed by atoms with Gasteiger partial charge in [-0.25, -0.2) is 4.79 Å². The highest BCUT2D eigenvalue weighted by Gasteiger charge is 2.41. The number of aliphatic carboxylic acids is 1.